The maximum absolute atomic E-state index is 11.2. The zero-order valence-corrected chi connectivity index (χ0v) is 11.2. The number of hydrogen-bond donors (Lipinski definition) is 2. The molecule has 0 aliphatic rings. The summed E-state index contributed by atoms with van der Waals surface area (Å²) in [5.41, 5.74) is 2.32. The molecule has 0 aliphatic heterocycles. The Hall–Kier alpha value is -1.69. The van der Waals surface area contributed by atoms with Crippen LogP contribution < -0.4 is 16.0 Å². The van der Waals surface area contributed by atoms with Gasteiger partial charge >= 0.3 is 0 Å². The molecule has 0 saturated heterocycles. The van der Waals surface area contributed by atoms with Crippen LogP contribution in [0.2, 0.25) is 10.0 Å². The van der Waals surface area contributed by atoms with Crippen LogP contribution in [0.4, 0.5) is 0 Å². The molecule has 0 bridgehead atoms. The summed E-state index contributed by atoms with van der Waals surface area (Å²) in [6.45, 7) is 0.123. The lowest BCUT2D eigenvalue weighted by molar-refractivity contribution is 0.0953. The van der Waals surface area contributed by atoms with Crippen LogP contribution in [0.1, 0.15) is 16.1 Å². The maximum Gasteiger partial charge on any atom is 0.268 e. The number of benzene rings is 1. The van der Waals surface area contributed by atoms with E-state index in [1.165, 1.54) is 12.3 Å². The molecule has 2 rings (SSSR count). The van der Waals surface area contributed by atoms with E-state index < -0.39 is 5.91 Å². The molecule has 7 heteroatoms. The Morgan fingerprint density at radius 1 is 1.42 bits per heavy atom. The molecule has 0 spiro atoms. The van der Waals surface area contributed by atoms with Crippen molar-refractivity contribution in [2.45, 2.75) is 6.61 Å². The molecule has 19 heavy (non-hydrogen) atoms. The third-order valence-corrected chi connectivity index (χ3v) is 3.13. The molecule has 100 valence electrons. The van der Waals surface area contributed by atoms with Gasteiger partial charge in [-0.3, -0.25) is 10.2 Å². The topological polar surface area (TPSA) is 77.5 Å². The van der Waals surface area contributed by atoms with Crippen molar-refractivity contribution < 1.29 is 13.9 Å². The number of ether oxygens (including phenoxy) is 1. The molecule has 0 aliphatic carbocycles. The van der Waals surface area contributed by atoms with Gasteiger partial charge in [-0.2, -0.15) is 0 Å². The molecule has 1 aromatic carbocycles. The molecule has 1 amide bonds. The van der Waals surface area contributed by atoms with Gasteiger partial charge in [-0.05, 0) is 18.2 Å². The van der Waals surface area contributed by atoms with Crippen molar-refractivity contribution in [3.63, 3.8) is 0 Å². The number of carbonyl (C=O) groups excluding carboxylic acids is 1. The summed E-state index contributed by atoms with van der Waals surface area (Å²) in [4.78, 5) is 11.2. The van der Waals surface area contributed by atoms with Gasteiger partial charge in [0.1, 0.15) is 29.4 Å². The molecule has 0 fully saturated rings. The Balaban J connectivity index is 2.04. The van der Waals surface area contributed by atoms with E-state index in [0.717, 1.165) is 0 Å². The Morgan fingerprint density at radius 2 is 2.21 bits per heavy atom. The quantitative estimate of drug-likeness (QED) is 0.517. The van der Waals surface area contributed by atoms with Gasteiger partial charge in [0.2, 0.25) is 0 Å². The fourth-order valence-electron chi connectivity index (χ4n) is 1.40. The van der Waals surface area contributed by atoms with Crippen LogP contribution in [0.25, 0.3) is 0 Å². The molecule has 3 N–H and O–H groups in total. The Labute approximate surface area is 119 Å². The number of nitrogens with two attached hydrogens (primary N) is 1. The van der Waals surface area contributed by atoms with Crippen molar-refractivity contribution >= 4 is 29.1 Å². The van der Waals surface area contributed by atoms with Crippen LogP contribution in [0, 0.1) is 0 Å². The van der Waals surface area contributed by atoms with Gasteiger partial charge in [-0.25, -0.2) is 5.84 Å². The van der Waals surface area contributed by atoms with Gasteiger partial charge in [0.15, 0.2) is 0 Å². The van der Waals surface area contributed by atoms with Crippen molar-refractivity contribution in [3.05, 3.63) is 51.9 Å². The van der Waals surface area contributed by atoms with Crippen molar-refractivity contribution in [1.29, 1.82) is 0 Å². The third-order valence-electron chi connectivity index (χ3n) is 2.33. The predicted octanol–water partition coefficient (Wildman–Crippen LogP) is 2.77. The summed E-state index contributed by atoms with van der Waals surface area (Å²) in [7, 11) is 0. The first-order chi connectivity index (χ1) is 9.11. The second-order valence-electron chi connectivity index (χ2n) is 3.62. The van der Waals surface area contributed by atoms with Crippen molar-refractivity contribution in [1.82, 2.24) is 5.43 Å². The Bertz CT molecular complexity index is 598. The molecule has 5 nitrogen and oxygen atoms in total. The van der Waals surface area contributed by atoms with Crippen LogP contribution in [0.5, 0.6) is 5.75 Å². The number of hydrogen-bond acceptors (Lipinski definition) is 4. The second-order valence-corrected chi connectivity index (χ2v) is 4.40. The minimum atomic E-state index is -0.434. The van der Waals surface area contributed by atoms with Crippen LogP contribution in [-0.4, -0.2) is 5.91 Å². The Kier molecular flexibility index (Phi) is 4.31. The largest absolute Gasteiger partial charge is 0.484 e. The minimum Gasteiger partial charge on any atom is -0.484 e. The molecule has 1 heterocycles. The first-order valence-corrected chi connectivity index (χ1v) is 6.02. The summed E-state index contributed by atoms with van der Waals surface area (Å²) in [6, 6.07) is 6.59. The van der Waals surface area contributed by atoms with Gasteiger partial charge in [-0.15, -0.1) is 0 Å². The van der Waals surface area contributed by atoms with E-state index in [0.29, 0.717) is 27.1 Å². The van der Waals surface area contributed by atoms with E-state index in [2.05, 4.69) is 0 Å². The van der Waals surface area contributed by atoms with Gasteiger partial charge in [0, 0.05) is 0 Å². The fraction of sp³-hybridized carbons (Fsp3) is 0.0833. The molecule has 0 radical (unpaired) electrons. The summed E-state index contributed by atoms with van der Waals surface area (Å²) in [5, 5.41) is 0.734. The number of rotatable bonds is 4. The van der Waals surface area contributed by atoms with E-state index in [4.69, 9.17) is 38.2 Å². The maximum atomic E-state index is 11.2. The van der Waals surface area contributed by atoms with Gasteiger partial charge in [0.05, 0.1) is 10.6 Å². The highest BCUT2D eigenvalue weighted by Gasteiger charge is 2.10. The van der Waals surface area contributed by atoms with Gasteiger partial charge in [-0.1, -0.05) is 29.3 Å². The van der Waals surface area contributed by atoms with Crippen LogP contribution >= 0.6 is 23.2 Å². The number of carbonyl (C=O) groups is 1. The summed E-state index contributed by atoms with van der Waals surface area (Å²) in [5.74, 6) is 5.48. The minimum absolute atomic E-state index is 0.123. The monoisotopic (exact) mass is 300 g/mol. The van der Waals surface area contributed by atoms with Gasteiger partial charge in [0.25, 0.3) is 5.91 Å². The highest BCUT2D eigenvalue weighted by molar-refractivity contribution is 6.42. The summed E-state index contributed by atoms with van der Waals surface area (Å²) < 4.78 is 10.6. The number of nitrogen functional groups attached to an aromatic ring is 1. The Morgan fingerprint density at radius 3 is 2.95 bits per heavy atom. The first-order valence-electron chi connectivity index (χ1n) is 5.27. The van der Waals surface area contributed by atoms with E-state index in [-0.39, 0.29) is 6.61 Å². The molecular weight excluding hydrogens is 291 g/mol. The third kappa shape index (κ3) is 3.20. The zero-order valence-electron chi connectivity index (χ0n) is 9.65. The molecule has 0 atom stereocenters. The van der Waals surface area contributed by atoms with E-state index >= 15 is 0 Å². The summed E-state index contributed by atoms with van der Waals surface area (Å²) in [6.07, 6.45) is 1.29. The van der Waals surface area contributed by atoms with Crippen LogP contribution in [0.3, 0.4) is 0 Å². The highest BCUT2D eigenvalue weighted by Crippen LogP contribution is 2.31. The molecule has 1 aromatic heterocycles. The molecule has 0 unspecified atom stereocenters. The van der Waals surface area contributed by atoms with E-state index in [1.54, 1.807) is 18.2 Å². The van der Waals surface area contributed by atoms with E-state index in [9.17, 15) is 4.79 Å². The molecule has 0 saturated carbocycles. The lowest BCUT2D eigenvalue weighted by Gasteiger charge is -2.06. The number of halogens is 2. The lowest BCUT2D eigenvalue weighted by Crippen LogP contribution is -2.29. The number of nitrogens with one attached hydrogen (secondary N) is 1. The van der Waals surface area contributed by atoms with Gasteiger partial charge < -0.3 is 9.15 Å². The highest BCUT2D eigenvalue weighted by atomic mass is 35.5. The number of hydrazine groups is 1. The summed E-state index contributed by atoms with van der Waals surface area (Å²) >= 11 is 11.8. The van der Waals surface area contributed by atoms with E-state index in [1.807, 2.05) is 5.43 Å². The fourth-order valence-corrected chi connectivity index (χ4v) is 1.75. The smallest absolute Gasteiger partial charge is 0.268 e. The van der Waals surface area contributed by atoms with Crippen molar-refractivity contribution in [2.24, 2.45) is 5.84 Å². The molecular formula is C12H10Cl2N2O3. The lowest BCUT2D eigenvalue weighted by atomic mass is 10.3. The second kappa shape index (κ2) is 5.97. The zero-order chi connectivity index (χ0) is 13.8. The SMILES string of the molecule is NNC(=O)c1coc(COc2cccc(Cl)c2Cl)c1. The van der Waals surface area contributed by atoms with Crippen LogP contribution in [-0.2, 0) is 6.61 Å². The average molecular weight is 301 g/mol. The number of amides is 1. The van der Waals surface area contributed by atoms with Crippen LogP contribution in [0.15, 0.2) is 34.9 Å². The van der Waals surface area contributed by atoms with Crippen molar-refractivity contribution in [2.75, 3.05) is 0 Å². The first kappa shape index (κ1) is 13.7. The normalized spacial score (nSPS) is 10.3. The number of furan rings is 1. The average Bonchev–Trinajstić information content (AvgIpc) is 2.88. The van der Waals surface area contributed by atoms with Crippen molar-refractivity contribution in [3.8, 4) is 5.75 Å². The standard InChI is InChI=1S/C12H10Cl2N2O3/c13-9-2-1-3-10(11(9)14)19-6-8-4-7(5-18-8)12(17)16-15/h1-5H,6,15H2,(H,16,17). The predicted molar refractivity (Wildman–Crippen MR) is 71.2 cm³/mol. The molecule has 2 aromatic rings.